The Morgan fingerprint density at radius 3 is 2.42 bits per heavy atom. The van der Waals surface area contributed by atoms with E-state index < -0.39 is 0 Å². The van der Waals surface area contributed by atoms with Gasteiger partial charge in [0.1, 0.15) is 11.5 Å². The van der Waals surface area contributed by atoms with Crippen LogP contribution < -0.4 is 5.32 Å². The molecule has 2 fully saturated rings. The van der Waals surface area contributed by atoms with Gasteiger partial charge in [-0.2, -0.15) is 0 Å². The number of halogens is 1. The highest BCUT2D eigenvalue weighted by molar-refractivity contribution is 5.81. The van der Waals surface area contributed by atoms with E-state index >= 15 is 0 Å². The fraction of sp³-hybridized carbons (Fsp3) is 0.370. The maximum absolute atomic E-state index is 13.7. The number of benzene rings is 1. The molecule has 0 radical (unpaired) electrons. The van der Waals surface area contributed by atoms with Gasteiger partial charge in [-0.15, -0.1) is 0 Å². The highest BCUT2D eigenvalue weighted by Crippen LogP contribution is 2.39. The van der Waals surface area contributed by atoms with Gasteiger partial charge in [0.15, 0.2) is 0 Å². The highest BCUT2D eigenvalue weighted by Gasteiger charge is 2.24. The Kier molecular flexibility index (Phi) is 5.29. The Hall–Kier alpha value is -3.28. The molecule has 0 amide bonds. The lowest BCUT2D eigenvalue weighted by Crippen LogP contribution is -2.16. The zero-order chi connectivity index (χ0) is 22.2. The van der Waals surface area contributed by atoms with Crippen molar-refractivity contribution in [2.45, 2.75) is 63.3 Å². The average molecular weight is 442 g/mol. The number of anilines is 1. The summed E-state index contributed by atoms with van der Waals surface area (Å²) < 4.78 is 15.9. The van der Waals surface area contributed by atoms with Crippen LogP contribution in [0.1, 0.15) is 62.8 Å². The van der Waals surface area contributed by atoms with Gasteiger partial charge in [0.25, 0.3) is 0 Å². The lowest BCUT2D eigenvalue weighted by Gasteiger charge is -2.13. The number of rotatable bonds is 5. The molecule has 0 unspecified atom stereocenters. The second kappa shape index (κ2) is 8.58. The molecule has 6 heteroatoms. The second-order valence-electron chi connectivity index (χ2n) is 9.35. The highest BCUT2D eigenvalue weighted by atomic mass is 19.1. The molecule has 1 aromatic carbocycles. The fourth-order valence-corrected chi connectivity index (χ4v) is 5.51. The van der Waals surface area contributed by atoms with E-state index in [0.717, 1.165) is 41.1 Å². The fourth-order valence-electron chi connectivity index (χ4n) is 5.51. The Morgan fingerprint density at radius 1 is 0.879 bits per heavy atom. The first-order valence-corrected chi connectivity index (χ1v) is 12.1. The minimum absolute atomic E-state index is 0.249. The van der Waals surface area contributed by atoms with E-state index in [-0.39, 0.29) is 5.82 Å². The van der Waals surface area contributed by atoms with Gasteiger partial charge in [-0.1, -0.05) is 31.7 Å². The van der Waals surface area contributed by atoms with Gasteiger partial charge in [0, 0.05) is 24.0 Å². The number of hydrogen-bond acceptors (Lipinski definition) is 4. The van der Waals surface area contributed by atoms with E-state index in [9.17, 15) is 4.39 Å². The van der Waals surface area contributed by atoms with E-state index in [4.69, 9.17) is 9.97 Å². The molecule has 0 atom stereocenters. The molecule has 0 saturated heterocycles. The molecule has 2 saturated carbocycles. The van der Waals surface area contributed by atoms with Crippen molar-refractivity contribution in [2.75, 3.05) is 5.32 Å². The summed E-state index contributed by atoms with van der Waals surface area (Å²) in [7, 11) is 0. The zero-order valence-corrected chi connectivity index (χ0v) is 18.7. The minimum atomic E-state index is -0.249. The average Bonchev–Trinajstić information content (AvgIpc) is 3.60. The van der Waals surface area contributed by atoms with Crippen LogP contribution in [-0.4, -0.2) is 25.4 Å². The molecule has 168 valence electrons. The number of pyridine rings is 1. The Labute approximate surface area is 193 Å². The number of imidazole rings is 1. The van der Waals surface area contributed by atoms with Crippen LogP contribution >= 0.6 is 0 Å². The largest absolute Gasteiger partial charge is 0.351 e. The number of aromatic nitrogens is 4. The molecule has 3 heterocycles. The van der Waals surface area contributed by atoms with Gasteiger partial charge < -0.3 is 5.32 Å². The van der Waals surface area contributed by atoms with Crippen molar-refractivity contribution in [3.63, 3.8) is 0 Å². The first kappa shape index (κ1) is 20.3. The molecule has 5 nitrogen and oxygen atoms in total. The van der Waals surface area contributed by atoms with Gasteiger partial charge in [-0.05, 0) is 73.6 Å². The van der Waals surface area contributed by atoms with Gasteiger partial charge in [0.05, 0.1) is 17.1 Å². The van der Waals surface area contributed by atoms with E-state index in [1.807, 2.05) is 12.3 Å². The third kappa shape index (κ3) is 3.88. The Bertz CT molecular complexity index is 1270. The van der Waals surface area contributed by atoms with Crippen molar-refractivity contribution in [2.24, 2.45) is 0 Å². The summed E-state index contributed by atoms with van der Waals surface area (Å²) in [4.78, 5) is 14.5. The predicted octanol–water partition coefficient (Wildman–Crippen LogP) is 6.61. The SMILES string of the molecule is Fc1ccc(-c2nc3c(C4CCCC4)cccn3c2-c2ccnc(NC3CCCC3)n2)cc1. The van der Waals surface area contributed by atoms with E-state index in [2.05, 4.69) is 33.0 Å². The predicted molar refractivity (Wildman–Crippen MR) is 129 cm³/mol. The molecule has 1 N–H and O–H groups in total. The van der Waals surface area contributed by atoms with Crippen molar-refractivity contribution in [3.8, 4) is 22.6 Å². The van der Waals surface area contributed by atoms with Crippen LogP contribution in [0.4, 0.5) is 10.3 Å². The van der Waals surface area contributed by atoms with Crippen molar-refractivity contribution in [1.82, 2.24) is 19.4 Å². The van der Waals surface area contributed by atoms with Crippen molar-refractivity contribution >= 4 is 11.6 Å². The van der Waals surface area contributed by atoms with Crippen molar-refractivity contribution in [3.05, 3.63) is 66.2 Å². The topological polar surface area (TPSA) is 55.1 Å². The first-order chi connectivity index (χ1) is 16.3. The molecular weight excluding hydrogens is 413 g/mol. The number of hydrogen-bond donors (Lipinski definition) is 1. The minimum Gasteiger partial charge on any atom is -0.351 e. The molecule has 0 bridgehead atoms. The molecule has 2 aliphatic rings. The Balaban J connectivity index is 1.51. The monoisotopic (exact) mass is 441 g/mol. The molecule has 0 spiro atoms. The van der Waals surface area contributed by atoms with Crippen LogP contribution in [0.15, 0.2) is 54.9 Å². The van der Waals surface area contributed by atoms with Crippen molar-refractivity contribution in [1.29, 1.82) is 0 Å². The summed E-state index contributed by atoms with van der Waals surface area (Å²) in [6.07, 6.45) is 13.7. The molecule has 6 rings (SSSR count). The summed E-state index contributed by atoms with van der Waals surface area (Å²) in [6.45, 7) is 0. The van der Waals surface area contributed by atoms with E-state index in [1.165, 1.54) is 56.2 Å². The number of fused-ring (bicyclic) bond motifs is 1. The smallest absolute Gasteiger partial charge is 0.223 e. The quantitative estimate of drug-likeness (QED) is 0.379. The molecule has 4 aromatic rings. The van der Waals surface area contributed by atoms with Crippen LogP contribution in [-0.2, 0) is 0 Å². The third-order valence-corrected chi connectivity index (χ3v) is 7.18. The van der Waals surface area contributed by atoms with E-state index in [0.29, 0.717) is 17.9 Å². The normalized spacial score (nSPS) is 17.2. The maximum Gasteiger partial charge on any atom is 0.223 e. The zero-order valence-electron chi connectivity index (χ0n) is 18.7. The maximum atomic E-state index is 13.7. The first-order valence-electron chi connectivity index (χ1n) is 12.1. The number of nitrogens with one attached hydrogen (secondary N) is 1. The summed E-state index contributed by atoms with van der Waals surface area (Å²) in [5.74, 6) is 0.946. The van der Waals surface area contributed by atoms with Gasteiger partial charge in [-0.3, -0.25) is 4.40 Å². The summed E-state index contributed by atoms with van der Waals surface area (Å²) in [6, 6.07) is 13.3. The van der Waals surface area contributed by atoms with Gasteiger partial charge in [-0.25, -0.2) is 19.3 Å². The summed E-state index contributed by atoms with van der Waals surface area (Å²) in [5.41, 5.74) is 5.72. The number of nitrogens with zero attached hydrogens (tertiary/aromatic N) is 4. The van der Waals surface area contributed by atoms with Crippen LogP contribution in [0, 0.1) is 5.82 Å². The van der Waals surface area contributed by atoms with Crippen LogP contribution in [0.5, 0.6) is 0 Å². The lowest BCUT2D eigenvalue weighted by atomic mass is 9.99. The molecule has 3 aromatic heterocycles. The van der Waals surface area contributed by atoms with Gasteiger partial charge in [0.2, 0.25) is 5.95 Å². The summed E-state index contributed by atoms with van der Waals surface area (Å²) in [5, 5.41) is 3.51. The Morgan fingerprint density at radius 2 is 1.64 bits per heavy atom. The molecule has 0 aliphatic heterocycles. The van der Waals surface area contributed by atoms with Crippen LogP contribution in [0.25, 0.3) is 28.3 Å². The standard InChI is InChI=1S/C27H28FN5/c28-20-13-11-19(12-14-20)24-25(23-15-16-29-27(31-23)30-21-8-3-4-9-21)33-17-5-10-22(26(33)32-24)18-6-1-2-7-18/h5,10-18,21H,1-4,6-9H2,(H,29,30,31). The molecule has 2 aliphatic carbocycles. The van der Waals surface area contributed by atoms with Gasteiger partial charge >= 0.3 is 0 Å². The molecule has 33 heavy (non-hydrogen) atoms. The third-order valence-electron chi connectivity index (χ3n) is 7.18. The van der Waals surface area contributed by atoms with Crippen molar-refractivity contribution < 1.29 is 4.39 Å². The second-order valence-corrected chi connectivity index (χ2v) is 9.35. The van der Waals surface area contributed by atoms with Crippen LogP contribution in [0.3, 0.4) is 0 Å². The molecular formula is C27H28FN5. The lowest BCUT2D eigenvalue weighted by molar-refractivity contribution is 0.628. The van der Waals surface area contributed by atoms with Crippen LogP contribution in [0.2, 0.25) is 0 Å². The summed E-state index contributed by atoms with van der Waals surface area (Å²) >= 11 is 0. The van der Waals surface area contributed by atoms with E-state index in [1.54, 1.807) is 12.1 Å².